The van der Waals surface area contributed by atoms with Crippen LogP contribution in [0.2, 0.25) is 0 Å². The largest absolute Gasteiger partial charge is 0.490 e. The summed E-state index contributed by atoms with van der Waals surface area (Å²) in [5.74, 6) is 0.240. The van der Waals surface area contributed by atoms with Crippen molar-refractivity contribution in [2.45, 2.75) is 0 Å². The third-order valence-corrected chi connectivity index (χ3v) is 2.06. The highest BCUT2D eigenvalue weighted by Gasteiger charge is 2.09. The topological polar surface area (TPSA) is 55.0 Å². The number of H-pyrrole nitrogens is 1. The molecule has 0 radical (unpaired) electrons. The van der Waals surface area contributed by atoms with E-state index in [1.54, 1.807) is 0 Å². The van der Waals surface area contributed by atoms with Gasteiger partial charge < -0.3 is 9.72 Å². The highest BCUT2D eigenvalue weighted by Crippen LogP contribution is 2.22. The van der Waals surface area contributed by atoms with Gasteiger partial charge in [-0.05, 0) is 0 Å². The Hall–Kier alpha value is -2.10. The number of nitrogens with zero attached hydrogens (tertiary/aromatic N) is 1. The Morgan fingerprint density at radius 1 is 1.27 bits per heavy atom. The first-order valence-electron chi connectivity index (χ1n) is 4.50. The third-order valence-electron chi connectivity index (χ3n) is 2.06. The van der Waals surface area contributed by atoms with Crippen molar-refractivity contribution in [1.82, 2.24) is 9.97 Å². The Balaban J connectivity index is 2.63. The number of ether oxygens (including phenoxy) is 1. The second-order valence-electron chi connectivity index (χ2n) is 2.98. The molecule has 0 amide bonds. The third kappa shape index (κ3) is 1.74. The van der Waals surface area contributed by atoms with E-state index in [-0.39, 0.29) is 11.3 Å². The van der Waals surface area contributed by atoms with Gasteiger partial charge in [-0.25, -0.2) is 4.98 Å². The number of methoxy groups -OCH3 is 1. The predicted octanol–water partition coefficient (Wildman–Crippen LogP) is 1.45. The highest BCUT2D eigenvalue weighted by atomic mass is 16.5. The molecule has 1 aromatic heterocycles. The molecule has 0 aliphatic carbocycles. The first-order valence-corrected chi connectivity index (χ1v) is 4.50. The summed E-state index contributed by atoms with van der Waals surface area (Å²) < 4.78 is 5.02. The molecule has 0 aliphatic rings. The van der Waals surface area contributed by atoms with Crippen molar-refractivity contribution in [3.8, 4) is 17.0 Å². The van der Waals surface area contributed by atoms with Gasteiger partial charge in [-0.15, -0.1) is 0 Å². The number of benzene rings is 1. The van der Waals surface area contributed by atoms with Gasteiger partial charge in [-0.1, -0.05) is 30.3 Å². The van der Waals surface area contributed by atoms with E-state index < -0.39 is 0 Å². The maximum Gasteiger partial charge on any atom is 0.293 e. The fourth-order valence-electron chi connectivity index (χ4n) is 1.38. The van der Waals surface area contributed by atoms with Crippen LogP contribution in [0.3, 0.4) is 0 Å². The van der Waals surface area contributed by atoms with Gasteiger partial charge in [-0.3, -0.25) is 4.79 Å². The van der Waals surface area contributed by atoms with Gasteiger partial charge >= 0.3 is 0 Å². The Morgan fingerprint density at radius 2 is 2.00 bits per heavy atom. The second kappa shape index (κ2) is 3.96. The highest BCUT2D eigenvalue weighted by molar-refractivity contribution is 5.65. The van der Waals surface area contributed by atoms with Gasteiger partial charge in [0, 0.05) is 5.56 Å². The summed E-state index contributed by atoms with van der Waals surface area (Å²) in [7, 11) is 1.46. The SMILES string of the molecule is COc1c(-c2ccccc2)nc[nH]c1=O. The minimum atomic E-state index is -0.272. The molecule has 1 aromatic carbocycles. The van der Waals surface area contributed by atoms with Gasteiger partial charge in [0.25, 0.3) is 5.56 Å². The fraction of sp³-hybridized carbons (Fsp3) is 0.0909. The zero-order chi connectivity index (χ0) is 10.7. The van der Waals surface area contributed by atoms with Gasteiger partial charge in [-0.2, -0.15) is 0 Å². The van der Waals surface area contributed by atoms with Crippen LogP contribution in [0, 0.1) is 0 Å². The number of aromatic nitrogens is 2. The van der Waals surface area contributed by atoms with E-state index in [1.807, 2.05) is 30.3 Å². The van der Waals surface area contributed by atoms with Crippen LogP contribution in [0.5, 0.6) is 5.75 Å². The fourth-order valence-corrected chi connectivity index (χ4v) is 1.38. The lowest BCUT2D eigenvalue weighted by atomic mass is 10.1. The summed E-state index contributed by atoms with van der Waals surface area (Å²) in [6.07, 6.45) is 1.37. The van der Waals surface area contributed by atoms with Gasteiger partial charge in [0.05, 0.1) is 13.4 Å². The molecule has 1 N–H and O–H groups in total. The van der Waals surface area contributed by atoms with Crippen LogP contribution in [0.15, 0.2) is 41.5 Å². The summed E-state index contributed by atoms with van der Waals surface area (Å²) in [5, 5.41) is 0. The summed E-state index contributed by atoms with van der Waals surface area (Å²) in [6.45, 7) is 0. The van der Waals surface area contributed by atoms with Crippen molar-refractivity contribution in [2.75, 3.05) is 7.11 Å². The van der Waals surface area contributed by atoms with Crippen LogP contribution in [-0.2, 0) is 0 Å². The molecule has 2 aromatic rings. The molecule has 0 atom stereocenters. The molecular formula is C11H10N2O2. The molecule has 0 aliphatic heterocycles. The molecule has 0 saturated carbocycles. The molecule has 2 rings (SSSR count). The molecule has 4 nitrogen and oxygen atoms in total. The maximum atomic E-state index is 11.4. The zero-order valence-corrected chi connectivity index (χ0v) is 8.23. The first-order chi connectivity index (χ1) is 7.33. The molecule has 0 saturated heterocycles. The average molecular weight is 202 g/mol. The number of hydrogen-bond donors (Lipinski definition) is 1. The minimum Gasteiger partial charge on any atom is -0.490 e. The number of aromatic amines is 1. The molecule has 76 valence electrons. The minimum absolute atomic E-state index is 0.240. The second-order valence-corrected chi connectivity index (χ2v) is 2.98. The van der Waals surface area contributed by atoms with E-state index in [2.05, 4.69) is 9.97 Å². The van der Waals surface area contributed by atoms with E-state index in [0.717, 1.165) is 5.56 Å². The monoisotopic (exact) mass is 202 g/mol. The summed E-state index contributed by atoms with van der Waals surface area (Å²) >= 11 is 0. The van der Waals surface area contributed by atoms with E-state index in [1.165, 1.54) is 13.4 Å². The molecular weight excluding hydrogens is 192 g/mol. The van der Waals surface area contributed by atoms with E-state index in [0.29, 0.717) is 5.69 Å². The number of rotatable bonds is 2. The van der Waals surface area contributed by atoms with E-state index >= 15 is 0 Å². The Morgan fingerprint density at radius 3 is 2.67 bits per heavy atom. The molecule has 0 spiro atoms. The van der Waals surface area contributed by atoms with Gasteiger partial charge in [0.1, 0.15) is 5.69 Å². The van der Waals surface area contributed by atoms with Crippen LogP contribution in [0.1, 0.15) is 0 Å². The van der Waals surface area contributed by atoms with Crippen molar-refractivity contribution in [3.05, 3.63) is 47.0 Å². The smallest absolute Gasteiger partial charge is 0.293 e. The van der Waals surface area contributed by atoms with Crippen molar-refractivity contribution < 1.29 is 4.74 Å². The molecule has 1 heterocycles. The zero-order valence-electron chi connectivity index (χ0n) is 8.23. The van der Waals surface area contributed by atoms with Crippen LogP contribution < -0.4 is 10.3 Å². The lowest BCUT2D eigenvalue weighted by molar-refractivity contribution is 0.408. The molecule has 0 unspecified atom stereocenters. The summed E-state index contributed by atoms with van der Waals surface area (Å²) in [5.41, 5.74) is 1.15. The van der Waals surface area contributed by atoms with Crippen LogP contribution in [0.4, 0.5) is 0 Å². The summed E-state index contributed by atoms with van der Waals surface area (Å²) in [4.78, 5) is 18.0. The molecule has 0 bridgehead atoms. The standard InChI is InChI=1S/C11H10N2O2/c1-15-10-9(12-7-13-11(10)14)8-5-3-2-4-6-8/h2-7H,1H3,(H,12,13,14). The van der Waals surface area contributed by atoms with Crippen LogP contribution in [-0.4, -0.2) is 17.1 Å². The lowest BCUT2D eigenvalue weighted by Crippen LogP contribution is -2.11. The Bertz CT molecular complexity index is 505. The van der Waals surface area contributed by atoms with Crippen molar-refractivity contribution in [1.29, 1.82) is 0 Å². The quantitative estimate of drug-likeness (QED) is 0.801. The average Bonchev–Trinajstić information content (AvgIpc) is 2.30. The molecule has 4 heteroatoms. The first kappa shape index (κ1) is 9.45. The van der Waals surface area contributed by atoms with Crippen molar-refractivity contribution in [2.24, 2.45) is 0 Å². The van der Waals surface area contributed by atoms with E-state index in [9.17, 15) is 4.79 Å². The van der Waals surface area contributed by atoms with Crippen LogP contribution >= 0.6 is 0 Å². The van der Waals surface area contributed by atoms with Gasteiger partial charge in [0.2, 0.25) is 5.75 Å². The Kier molecular flexibility index (Phi) is 2.49. The summed E-state index contributed by atoms with van der Waals surface area (Å²) in [6, 6.07) is 9.44. The maximum absolute atomic E-state index is 11.4. The molecule has 15 heavy (non-hydrogen) atoms. The number of nitrogens with one attached hydrogen (secondary N) is 1. The molecule has 0 fully saturated rings. The predicted molar refractivity (Wildman–Crippen MR) is 56.8 cm³/mol. The Labute approximate surface area is 86.6 Å². The van der Waals surface area contributed by atoms with Crippen molar-refractivity contribution in [3.63, 3.8) is 0 Å². The van der Waals surface area contributed by atoms with Crippen LogP contribution in [0.25, 0.3) is 11.3 Å². The van der Waals surface area contributed by atoms with E-state index in [4.69, 9.17) is 4.74 Å². The number of hydrogen-bond acceptors (Lipinski definition) is 3. The lowest BCUT2D eigenvalue weighted by Gasteiger charge is -2.05. The van der Waals surface area contributed by atoms with Crippen molar-refractivity contribution >= 4 is 0 Å². The normalized spacial score (nSPS) is 9.93. The van der Waals surface area contributed by atoms with Gasteiger partial charge in [0.15, 0.2) is 0 Å².